The van der Waals surface area contributed by atoms with Crippen molar-refractivity contribution in [2.45, 2.75) is 20.8 Å². The third-order valence-electron chi connectivity index (χ3n) is 4.00. The van der Waals surface area contributed by atoms with Gasteiger partial charge in [-0.25, -0.2) is 14.5 Å². The molecular formula is C18H17ClN4O4. The van der Waals surface area contributed by atoms with Crippen molar-refractivity contribution >= 4 is 29.2 Å². The average molecular weight is 389 g/mol. The lowest BCUT2D eigenvalue weighted by Gasteiger charge is -2.11. The van der Waals surface area contributed by atoms with Crippen LogP contribution < -0.4 is 5.32 Å². The fraction of sp³-hybridized carbons (Fsp3) is 0.222. The molecule has 1 amide bonds. The van der Waals surface area contributed by atoms with Crippen molar-refractivity contribution in [1.29, 1.82) is 0 Å². The molecule has 0 aliphatic rings. The molecule has 0 aliphatic heterocycles. The molecule has 9 heteroatoms. The van der Waals surface area contributed by atoms with Crippen LogP contribution in [0.25, 0.3) is 5.69 Å². The Morgan fingerprint density at radius 3 is 2.67 bits per heavy atom. The zero-order valence-electron chi connectivity index (χ0n) is 14.9. The summed E-state index contributed by atoms with van der Waals surface area (Å²) in [6.07, 6.45) is 2.87. The van der Waals surface area contributed by atoms with Gasteiger partial charge in [0.05, 0.1) is 11.4 Å². The predicted octanol–water partition coefficient (Wildman–Crippen LogP) is 3.23. The van der Waals surface area contributed by atoms with Gasteiger partial charge in [0.15, 0.2) is 6.61 Å². The van der Waals surface area contributed by atoms with E-state index < -0.39 is 18.5 Å². The number of hydrogen-bond acceptors (Lipinski definition) is 6. The van der Waals surface area contributed by atoms with Crippen LogP contribution >= 0.6 is 11.6 Å². The molecule has 8 nitrogen and oxygen atoms in total. The number of nitrogens with zero attached hydrogens (tertiary/aromatic N) is 3. The molecule has 1 aromatic carbocycles. The van der Waals surface area contributed by atoms with Crippen LogP contribution in [-0.4, -0.2) is 33.2 Å². The lowest BCUT2D eigenvalue weighted by Crippen LogP contribution is -2.22. The van der Waals surface area contributed by atoms with Crippen LogP contribution in [0, 0.1) is 20.8 Å². The zero-order chi connectivity index (χ0) is 19.6. The first-order chi connectivity index (χ1) is 12.9. The van der Waals surface area contributed by atoms with Crippen molar-refractivity contribution in [1.82, 2.24) is 14.8 Å². The first kappa shape index (κ1) is 18.7. The molecule has 27 heavy (non-hydrogen) atoms. The molecule has 0 unspecified atom stereocenters. The number of aryl methyl sites for hydroxylation is 2. The maximum absolute atomic E-state index is 12.3. The molecule has 0 atom stereocenters. The van der Waals surface area contributed by atoms with E-state index >= 15 is 0 Å². The molecule has 1 N–H and O–H groups in total. The molecular weight excluding hydrogens is 372 g/mol. The van der Waals surface area contributed by atoms with Crippen LogP contribution in [0.1, 0.15) is 27.4 Å². The summed E-state index contributed by atoms with van der Waals surface area (Å²) in [4.78, 5) is 28.4. The molecule has 2 aromatic heterocycles. The highest BCUT2D eigenvalue weighted by atomic mass is 35.5. The van der Waals surface area contributed by atoms with Gasteiger partial charge >= 0.3 is 5.97 Å². The smallest absolute Gasteiger partial charge is 0.342 e. The van der Waals surface area contributed by atoms with Gasteiger partial charge in [-0.15, -0.1) is 0 Å². The maximum atomic E-state index is 12.3. The SMILES string of the molecule is Cc1oc(C)c(C(=O)OCC(=O)Nc2cc(Cl)ccc2-n2cncn2)c1C. The van der Waals surface area contributed by atoms with Crippen molar-refractivity contribution in [2.75, 3.05) is 11.9 Å². The summed E-state index contributed by atoms with van der Waals surface area (Å²) in [5.41, 5.74) is 2.03. The minimum absolute atomic E-state index is 0.339. The van der Waals surface area contributed by atoms with Crippen LogP contribution in [0.2, 0.25) is 5.02 Å². The van der Waals surface area contributed by atoms with Gasteiger partial charge in [-0.1, -0.05) is 11.6 Å². The quantitative estimate of drug-likeness (QED) is 0.673. The third-order valence-corrected chi connectivity index (χ3v) is 4.23. The number of carbonyl (C=O) groups is 2. The van der Waals surface area contributed by atoms with E-state index in [1.807, 2.05) is 0 Å². The number of anilines is 1. The number of amides is 1. The Hall–Kier alpha value is -3.13. The Balaban J connectivity index is 1.70. The molecule has 0 spiro atoms. The van der Waals surface area contributed by atoms with E-state index in [4.69, 9.17) is 20.8 Å². The van der Waals surface area contributed by atoms with Crippen molar-refractivity contribution in [3.05, 3.63) is 58.5 Å². The van der Waals surface area contributed by atoms with Crippen LogP contribution in [-0.2, 0) is 9.53 Å². The minimum Gasteiger partial charge on any atom is -0.465 e. The van der Waals surface area contributed by atoms with E-state index in [1.54, 1.807) is 39.0 Å². The first-order valence-corrected chi connectivity index (χ1v) is 8.42. The van der Waals surface area contributed by atoms with Gasteiger partial charge in [0.2, 0.25) is 0 Å². The molecule has 0 aliphatic carbocycles. The second kappa shape index (κ2) is 7.63. The van der Waals surface area contributed by atoms with E-state index in [0.717, 1.165) is 0 Å². The van der Waals surface area contributed by atoms with Crippen molar-refractivity contribution < 1.29 is 18.7 Å². The van der Waals surface area contributed by atoms with Crippen LogP contribution in [0.3, 0.4) is 0 Å². The standard InChI is InChI=1S/C18H17ClN4O4/c1-10-11(2)27-12(3)17(10)18(25)26-7-16(24)22-14-6-13(19)4-5-15(14)23-9-20-8-21-23/h4-6,8-9H,7H2,1-3H3,(H,22,24). The molecule has 3 aromatic rings. The lowest BCUT2D eigenvalue weighted by molar-refractivity contribution is -0.119. The zero-order valence-corrected chi connectivity index (χ0v) is 15.7. The summed E-state index contributed by atoms with van der Waals surface area (Å²) < 4.78 is 12.0. The fourth-order valence-electron chi connectivity index (χ4n) is 2.62. The second-order valence-electron chi connectivity index (χ2n) is 5.84. The number of ether oxygens (including phenoxy) is 1. The maximum Gasteiger partial charge on any atom is 0.342 e. The highest BCUT2D eigenvalue weighted by Gasteiger charge is 2.21. The number of furan rings is 1. The van der Waals surface area contributed by atoms with Gasteiger partial charge in [-0.2, -0.15) is 5.10 Å². The van der Waals surface area contributed by atoms with Crippen molar-refractivity contribution in [3.8, 4) is 5.69 Å². The van der Waals surface area contributed by atoms with Gasteiger partial charge in [0.1, 0.15) is 29.7 Å². The molecule has 140 valence electrons. The second-order valence-corrected chi connectivity index (χ2v) is 6.28. The Labute approximate surface area is 160 Å². The van der Waals surface area contributed by atoms with Gasteiger partial charge in [0.25, 0.3) is 5.91 Å². The molecule has 3 rings (SSSR count). The topological polar surface area (TPSA) is 99.2 Å². The van der Waals surface area contributed by atoms with E-state index in [0.29, 0.717) is 39.0 Å². The van der Waals surface area contributed by atoms with Gasteiger partial charge in [-0.05, 0) is 39.0 Å². The van der Waals surface area contributed by atoms with Crippen LogP contribution in [0.4, 0.5) is 5.69 Å². The number of hydrogen-bond donors (Lipinski definition) is 1. The summed E-state index contributed by atoms with van der Waals surface area (Å²) in [5.74, 6) is -0.0267. The lowest BCUT2D eigenvalue weighted by atomic mass is 10.1. The number of esters is 1. The third kappa shape index (κ3) is 4.01. The number of nitrogens with one attached hydrogen (secondary N) is 1. The molecule has 2 heterocycles. The molecule has 0 saturated carbocycles. The number of rotatable bonds is 5. The number of benzene rings is 1. The first-order valence-electron chi connectivity index (χ1n) is 8.05. The van der Waals surface area contributed by atoms with E-state index in [-0.39, 0.29) is 0 Å². The molecule has 0 radical (unpaired) electrons. The average Bonchev–Trinajstić information content (AvgIpc) is 3.22. The molecule has 0 bridgehead atoms. The molecule has 0 saturated heterocycles. The summed E-state index contributed by atoms with van der Waals surface area (Å²) in [5, 5.41) is 7.14. The Bertz CT molecular complexity index is 995. The normalized spacial score (nSPS) is 10.7. The fourth-order valence-corrected chi connectivity index (χ4v) is 2.80. The Kier molecular flexibility index (Phi) is 5.27. The van der Waals surface area contributed by atoms with E-state index in [9.17, 15) is 9.59 Å². The Morgan fingerprint density at radius 2 is 2.04 bits per heavy atom. The Morgan fingerprint density at radius 1 is 1.26 bits per heavy atom. The van der Waals surface area contributed by atoms with Crippen molar-refractivity contribution in [3.63, 3.8) is 0 Å². The molecule has 0 fully saturated rings. The monoisotopic (exact) mass is 388 g/mol. The minimum atomic E-state index is -0.611. The highest BCUT2D eigenvalue weighted by Crippen LogP contribution is 2.24. The highest BCUT2D eigenvalue weighted by molar-refractivity contribution is 6.31. The summed E-state index contributed by atoms with van der Waals surface area (Å²) >= 11 is 6.01. The number of halogens is 1. The number of aromatic nitrogens is 3. The van der Waals surface area contributed by atoms with Crippen molar-refractivity contribution in [2.24, 2.45) is 0 Å². The van der Waals surface area contributed by atoms with Crippen LogP contribution in [0.15, 0.2) is 35.3 Å². The number of carbonyl (C=O) groups excluding carboxylic acids is 2. The van der Waals surface area contributed by atoms with Gasteiger partial charge < -0.3 is 14.5 Å². The van der Waals surface area contributed by atoms with E-state index in [2.05, 4.69) is 15.4 Å². The van der Waals surface area contributed by atoms with Gasteiger partial charge in [-0.3, -0.25) is 4.79 Å². The largest absolute Gasteiger partial charge is 0.465 e. The summed E-state index contributed by atoms with van der Waals surface area (Å²) in [6, 6.07) is 4.94. The van der Waals surface area contributed by atoms with Gasteiger partial charge in [0, 0.05) is 10.6 Å². The summed E-state index contributed by atoms with van der Waals surface area (Å²) in [7, 11) is 0. The van der Waals surface area contributed by atoms with Crippen LogP contribution in [0.5, 0.6) is 0 Å². The predicted molar refractivity (Wildman–Crippen MR) is 98.2 cm³/mol. The summed E-state index contributed by atoms with van der Waals surface area (Å²) in [6.45, 7) is 4.74. The van der Waals surface area contributed by atoms with E-state index in [1.165, 1.54) is 17.3 Å².